The molecule has 1 aromatic carbocycles. The van der Waals surface area contributed by atoms with Crippen molar-refractivity contribution in [1.29, 1.82) is 0 Å². The van der Waals surface area contributed by atoms with Crippen molar-refractivity contribution in [2.75, 3.05) is 23.7 Å². The number of amides is 3. The molecule has 9 heteroatoms. The standard InChI is InChI=1S/C23H30N4O5/c1-15(24-21(29)19-10-7-13-31-19)20(28)26-18-9-6-5-8-17(18)25-16-11-12-27(14-16)22(30)32-23(2,3)4/h5-10,13,15-16,25H,11-12,14H2,1-4H3,(H,24,29)(H,26,28)/t15-,16+/m0/s1. The number of para-hydroxylation sites is 2. The number of carbonyl (C=O) groups excluding carboxylic acids is 3. The van der Waals surface area contributed by atoms with Crippen molar-refractivity contribution in [3.05, 3.63) is 48.4 Å². The van der Waals surface area contributed by atoms with Crippen LogP contribution in [0.25, 0.3) is 0 Å². The van der Waals surface area contributed by atoms with Crippen LogP contribution in [-0.2, 0) is 9.53 Å². The average Bonchev–Trinajstić information content (AvgIpc) is 3.40. The molecule has 9 nitrogen and oxygen atoms in total. The second kappa shape index (κ2) is 9.76. The highest BCUT2D eigenvalue weighted by Gasteiger charge is 2.30. The van der Waals surface area contributed by atoms with E-state index in [2.05, 4.69) is 16.0 Å². The number of carbonyl (C=O) groups is 3. The van der Waals surface area contributed by atoms with Gasteiger partial charge < -0.3 is 30.0 Å². The number of hydrogen-bond acceptors (Lipinski definition) is 6. The van der Waals surface area contributed by atoms with E-state index >= 15 is 0 Å². The lowest BCUT2D eigenvalue weighted by Crippen LogP contribution is -2.41. The highest BCUT2D eigenvalue weighted by molar-refractivity contribution is 6.01. The molecule has 0 aliphatic carbocycles. The summed E-state index contributed by atoms with van der Waals surface area (Å²) in [6.45, 7) is 8.22. The molecule has 172 valence electrons. The molecule has 0 spiro atoms. The third kappa shape index (κ3) is 6.26. The molecule has 2 heterocycles. The van der Waals surface area contributed by atoms with Crippen molar-refractivity contribution in [1.82, 2.24) is 10.2 Å². The van der Waals surface area contributed by atoms with Gasteiger partial charge in [-0.05, 0) is 58.4 Å². The molecule has 3 amide bonds. The van der Waals surface area contributed by atoms with Crippen LogP contribution in [0.15, 0.2) is 47.1 Å². The van der Waals surface area contributed by atoms with E-state index in [1.807, 2.05) is 39.0 Å². The maximum atomic E-state index is 12.6. The van der Waals surface area contributed by atoms with Gasteiger partial charge >= 0.3 is 6.09 Å². The molecule has 3 rings (SSSR count). The van der Waals surface area contributed by atoms with E-state index in [-0.39, 0.29) is 23.8 Å². The summed E-state index contributed by atoms with van der Waals surface area (Å²) in [5.74, 6) is -0.680. The van der Waals surface area contributed by atoms with Gasteiger partial charge in [-0.15, -0.1) is 0 Å². The minimum absolute atomic E-state index is 0.0247. The summed E-state index contributed by atoms with van der Waals surface area (Å²) in [4.78, 5) is 38.7. The summed E-state index contributed by atoms with van der Waals surface area (Å²) in [6.07, 6.45) is 1.83. The molecular formula is C23H30N4O5. The molecule has 1 aliphatic rings. The van der Waals surface area contributed by atoms with E-state index < -0.39 is 17.6 Å². The predicted molar refractivity (Wildman–Crippen MR) is 121 cm³/mol. The summed E-state index contributed by atoms with van der Waals surface area (Å²) >= 11 is 0. The normalized spacial score (nSPS) is 16.9. The third-order valence-electron chi connectivity index (χ3n) is 4.87. The first kappa shape index (κ1) is 23.2. The molecular weight excluding hydrogens is 412 g/mol. The van der Waals surface area contributed by atoms with Crippen LogP contribution in [0.3, 0.4) is 0 Å². The fourth-order valence-corrected chi connectivity index (χ4v) is 3.29. The average molecular weight is 443 g/mol. The summed E-state index contributed by atoms with van der Waals surface area (Å²) in [7, 11) is 0. The van der Waals surface area contributed by atoms with E-state index in [4.69, 9.17) is 9.15 Å². The first-order chi connectivity index (χ1) is 15.1. The van der Waals surface area contributed by atoms with Gasteiger partial charge in [0.05, 0.1) is 17.6 Å². The van der Waals surface area contributed by atoms with Crippen LogP contribution in [-0.4, -0.2) is 53.6 Å². The second-order valence-corrected chi connectivity index (χ2v) is 8.76. The highest BCUT2D eigenvalue weighted by atomic mass is 16.6. The lowest BCUT2D eigenvalue weighted by atomic mass is 10.2. The van der Waals surface area contributed by atoms with E-state index in [0.29, 0.717) is 18.8 Å². The van der Waals surface area contributed by atoms with Gasteiger partial charge in [0.1, 0.15) is 11.6 Å². The maximum Gasteiger partial charge on any atom is 0.410 e. The van der Waals surface area contributed by atoms with Gasteiger partial charge in [0.25, 0.3) is 5.91 Å². The van der Waals surface area contributed by atoms with E-state index in [1.165, 1.54) is 12.3 Å². The molecule has 1 aromatic heterocycles. The molecule has 32 heavy (non-hydrogen) atoms. The number of hydrogen-bond donors (Lipinski definition) is 3. The number of furan rings is 1. The number of anilines is 2. The van der Waals surface area contributed by atoms with Crippen LogP contribution in [0.4, 0.5) is 16.2 Å². The molecule has 0 unspecified atom stereocenters. The van der Waals surface area contributed by atoms with E-state index in [1.54, 1.807) is 24.0 Å². The topological polar surface area (TPSA) is 113 Å². The Kier molecular flexibility index (Phi) is 7.07. The molecule has 1 fully saturated rings. The first-order valence-corrected chi connectivity index (χ1v) is 10.6. The highest BCUT2D eigenvalue weighted by Crippen LogP contribution is 2.25. The van der Waals surface area contributed by atoms with Gasteiger partial charge in [-0.25, -0.2) is 4.79 Å². The SMILES string of the molecule is C[C@H](NC(=O)c1ccco1)C(=O)Nc1ccccc1N[C@@H]1CCN(C(=O)OC(C)(C)C)C1. The van der Waals surface area contributed by atoms with Crippen molar-refractivity contribution >= 4 is 29.3 Å². The smallest absolute Gasteiger partial charge is 0.410 e. The van der Waals surface area contributed by atoms with Crippen LogP contribution in [0, 0.1) is 0 Å². The van der Waals surface area contributed by atoms with Gasteiger partial charge in [-0.1, -0.05) is 12.1 Å². The van der Waals surface area contributed by atoms with Gasteiger partial charge in [0, 0.05) is 19.1 Å². The van der Waals surface area contributed by atoms with Crippen molar-refractivity contribution in [2.24, 2.45) is 0 Å². The minimum atomic E-state index is -0.769. The van der Waals surface area contributed by atoms with Crippen molar-refractivity contribution in [3.8, 4) is 0 Å². The molecule has 0 bridgehead atoms. The van der Waals surface area contributed by atoms with Crippen LogP contribution < -0.4 is 16.0 Å². The van der Waals surface area contributed by atoms with Gasteiger partial charge in [0.2, 0.25) is 5.91 Å². The summed E-state index contributed by atoms with van der Waals surface area (Å²) < 4.78 is 10.5. The van der Waals surface area contributed by atoms with Crippen molar-refractivity contribution < 1.29 is 23.5 Å². The molecule has 2 aromatic rings. The summed E-state index contributed by atoms with van der Waals surface area (Å²) in [6, 6.07) is 9.71. The number of rotatable bonds is 6. The quantitative estimate of drug-likeness (QED) is 0.632. The summed E-state index contributed by atoms with van der Waals surface area (Å²) in [5.41, 5.74) is 0.788. The Bertz CT molecular complexity index is 952. The molecule has 3 N–H and O–H groups in total. The van der Waals surface area contributed by atoms with Crippen LogP contribution in [0.1, 0.15) is 44.7 Å². The lowest BCUT2D eigenvalue weighted by Gasteiger charge is -2.24. The minimum Gasteiger partial charge on any atom is -0.459 e. The van der Waals surface area contributed by atoms with Gasteiger partial charge in [-0.3, -0.25) is 9.59 Å². The van der Waals surface area contributed by atoms with E-state index in [9.17, 15) is 14.4 Å². The Morgan fingerprint density at radius 2 is 1.84 bits per heavy atom. The molecule has 1 saturated heterocycles. The maximum absolute atomic E-state index is 12.6. The fourth-order valence-electron chi connectivity index (χ4n) is 3.29. The van der Waals surface area contributed by atoms with Crippen molar-refractivity contribution in [3.63, 3.8) is 0 Å². The van der Waals surface area contributed by atoms with Crippen molar-refractivity contribution in [2.45, 2.75) is 51.8 Å². The summed E-state index contributed by atoms with van der Waals surface area (Å²) in [5, 5.41) is 8.85. The zero-order valence-electron chi connectivity index (χ0n) is 18.8. The fraction of sp³-hybridized carbons (Fsp3) is 0.435. The van der Waals surface area contributed by atoms with Crippen LogP contribution in [0.2, 0.25) is 0 Å². The number of nitrogens with zero attached hydrogens (tertiary/aromatic N) is 1. The number of benzene rings is 1. The Morgan fingerprint density at radius 3 is 2.50 bits per heavy atom. The third-order valence-corrected chi connectivity index (χ3v) is 4.87. The molecule has 0 radical (unpaired) electrons. The van der Waals surface area contributed by atoms with Crippen LogP contribution in [0.5, 0.6) is 0 Å². The van der Waals surface area contributed by atoms with Gasteiger partial charge in [0.15, 0.2) is 5.76 Å². The number of nitrogens with one attached hydrogen (secondary N) is 3. The Balaban J connectivity index is 1.57. The monoisotopic (exact) mass is 442 g/mol. The number of ether oxygens (including phenoxy) is 1. The second-order valence-electron chi connectivity index (χ2n) is 8.76. The molecule has 0 saturated carbocycles. The van der Waals surface area contributed by atoms with E-state index in [0.717, 1.165) is 12.1 Å². The molecule has 2 atom stereocenters. The largest absolute Gasteiger partial charge is 0.459 e. The predicted octanol–water partition coefficient (Wildman–Crippen LogP) is 3.46. The Morgan fingerprint density at radius 1 is 1.12 bits per heavy atom. The number of likely N-dealkylation sites (tertiary alicyclic amines) is 1. The zero-order valence-corrected chi connectivity index (χ0v) is 18.8. The first-order valence-electron chi connectivity index (χ1n) is 10.6. The Hall–Kier alpha value is -3.49. The van der Waals surface area contributed by atoms with Gasteiger partial charge in [-0.2, -0.15) is 0 Å². The zero-order chi connectivity index (χ0) is 23.3. The Labute approximate surface area is 187 Å². The lowest BCUT2D eigenvalue weighted by molar-refractivity contribution is -0.117. The molecule has 1 aliphatic heterocycles. The van der Waals surface area contributed by atoms with Crippen LogP contribution >= 0.6 is 0 Å².